The molecule has 0 saturated carbocycles. The van der Waals surface area contributed by atoms with Crippen LogP contribution < -0.4 is 10.6 Å². The van der Waals surface area contributed by atoms with Crippen molar-refractivity contribution in [2.24, 2.45) is 5.92 Å². The first kappa shape index (κ1) is 20.3. The molecule has 0 aliphatic carbocycles. The largest absolute Gasteiger partial charge is 0.444 e. The molecule has 0 spiro atoms. The predicted octanol–water partition coefficient (Wildman–Crippen LogP) is 4.74. The third kappa shape index (κ3) is 8.04. The molecule has 130 valence electrons. The summed E-state index contributed by atoms with van der Waals surface area (Å²) in [5.74, 6) is 0.364. The number of hydrogen-bond acceptors (Lipinski definition) is 3. The van der Waals surface area contributed by atoms with E-state index in [4.69, 9.17) is 16.3 Å². The average molecular weight is 406 g/mol. The Morgan fingerprint density at radius 1 is 1.35 bits per heavy atom. The molecule has 23 heavy (non-hydrogen) atoms. The zero-order valence-electron chi connectivity index (χ0n) is 14.4. The fourth-order valence-corrected chi connectivity index (χ4v) is 2.55. The lowest BCUT2D eigenvalue weighted by Crippen LogP contribution is -2.45. The molecule has 0 aliphatic heterocycles. The van der Waals surface area contributed by atoms with Crippen LogP contribution in [0.1, 0.15) is 40.2 Å². The minimum atomic E-state index is -0.490. The summed E-state index contributed by atoms with van der Waals surface area (Å²) in [6.07, 6.45) is -0.395. The van der Waals surface area contributed by atoms with Crippen LogP contribution in [0.15, 0.2) is 22.7 Å². The average Bonchev–Trinajstić information content (AvgIpc) is 2.40. The Morgan fingerprint density at radius 2 is 2.00 bits per heavy atom. The van der Waals surface area contributed by atoms with Gasteiger partial charge in [0.25, 0.3) is 0 Å². The van der Waals surface area contributed by atoms with E-state index in [0.29, 0.717) is 24.0 Å². The Labute approximate surface area is 152 Å². The van der Waals surface area contributed by atoms with E-state index in [2.05, 4.69) is 40.4 Å². The first-order valence-corrected chi connectivity index (χ1v) is 8.89. The van der Waals surface area contributed by atoms with Crippen LogP contribution in [0.25, 0.3) is 0 Å². The number of alkyl carbamates (subject to hydrolysis) is 1. The van der Waals surface area contributed by atoms with E-state index >= 15 is 0 Å². The summed E-state index contributed by atoms with van der Waals surface area (Å²) in [6.45, 7) is 10.9. The maximum Gasteiger partial charge on any atom is 0.407 e. The molecule has 4 nitrogen and oxygen atoms in total. The Bertz CT molecular complexity index is 530. The number of nitrogens with one attached hydrogen (secondary N) is 2. The van der Waals surface area contributed by atoms with Crippen molar-refractivity contribution in [2.75, 3.05) is 6.54 Å². The molecule has 0 aliphatic rings. The molecular formula is C17H26BrClN2O2. The smallest absolute Gasteiger partial charge is 0.407 e. The van der Waals surface area contributed by atoms with Crippen LogP contribution >= 0.6 is 27.5 Å². The number of hydrogen-bond donors (Lipinski definition) is 2. The second-order valence-electron chi connectivity index (χ2n) is 6.85. The van der Waals surface area contributed by atoms with Gasteiger partial charge in [-0.05, 0) is 50.5 Å². The summed E-state index contributed by atoms with van der Waals surface area (Å²) in [7, 11) is 0. The molecule has 1 rings (SSSR count). The molecule has 0 fully saturated rings. The van der Waals surface area contributed by atoms with Crippen LogP contribution in [0, 0.1) is 5.92 Å². The Hall–Kier alpha value is -0.780. The maximum absolute atomic E-state index is 11.8. The highest BCUT2D eigenvalue weighted by molar-refractivity contribution is 9.10. The monoisotopic (exact) mass is 404 g/mol. The van der Waals surface area contributed by atoms with Gasteiger partial charge in [-0.15, -0.1) is 0 Å². The van der Waals surface area contributed by atoms with Gasteiger partial charge < -0.3 is 15.4 Å². The van der Waals surface area contributed by atoms with Gasteiger partial charge in [-0.2, -0.15) is 0 Å². The number of rotatable bonds is 6. The van der Waals surface area contributed by atoms with Gasteiger partial charge in [-0.1, -0.05) is 41.4 Å². The molecule has 6 heteroatoms. The quantitative estimate of drug-likeness (QED) is 0.718. The van der Waals surface area contributed by atoms with Crippen molar-refractivity contribution in [3.05, 3.63) is 33.3 Å². The van der Waals surface area contributed by atoms with E-state index < -0.39 is 11.7 Å². The van der Waals surface area contributed by atoms with Crippen LogP contribution in [-0.2, 0) is 11.3 Å². The Kier molecular flexibility index (Phi) is 7.84. The standard InChI is InChI=1S/C17H26BrClN2O2/c1-11(2)15(10-21-16(22)23-17(3,4)5)20-9-12-8-13(19)6-7-14(12)18/h6-8,11,15,20H,9-10H2,1-5H3,(H,21,22). The van der Waals surface area contributed by atoms with Crippen molar-refractivity contribution < 1.29 is 9.53 Å². The number of benzene rings is 1. The van der Waals surface area contributed by atoms with Gasteiger partial charge in [-0.3, -0.25) is 0 Å². The van der Waals surface area contributed by atoms with Crippen molar-refractivity contribution in [2.45, 2.75) is 52.8 Å². The van der Waals surface area contributed by atoms with E-state index in [1.807, 2.05) is 39.0 Å². The molecule has 0 bridgehead atoms. The van der Waals surface area contributed by atoms with Gasteiger partial charge in [0.15, 0.2) is 0 Å². The number of carbonyl (C=O) groups excluding carboxylic acids is 1. The summed E-state index contributed by atoms with van der Waals surface area (Å²) >= 11 is 9.56. The van der Waals surface area contributed by atoms with Crippen LogP contribution in [0.3, 0.4) is 0 Å². The van der Waals surface area contributed by atoms with Crippen molar-refractivity contribution >= 4 is 33.6 Å². The van der Waals surface area contributed by atoms with Gasteiger partial charge >= 0.3 is 6.09 Å². The highest BCUT2D eigenvalue weighted by Gasteiger charge is 2.19. The second-order valence-corrected chi connectivity index (χ2v) is 8.14. The third-order valence-corrected chi connectivity index (χ3v) is 4.24. The zero-order chi connectivity index (χ0) is 17.6. The Morgan fingerprint density at radius 3 is 2.57 bits per heavy atom. The summed E-state index contributed by atoms with van der Waals surface area (Å²) in [6, 6.07) is 5.84. The lowest BCUT2D eigenvalue weighted by molar-refractivity contribution is 0.0519. The van der Waals surface area contributed by atoms with E-state index in [1.165, 1.54) is 0 Å². The minimum Gasteiger partial charge on any atom is -0.444 e. The highest BCUT2D eigenvalue weighted by atomic mass is 79.9. The zero-order valence-corrected chi connectivity index (χ0v) is 16.7. The van der Waals surface area contributed by atoms with Crippen LogP contribution in [0.5, 0.6) is 0 Å². The normalized spacial score (nSPS) is 13.0. The summed E-state index contributed by atoms with van der Waals surface area (Å²) in [5, 5.41) is 6.99. The maximum atomic E-state index is 11.8. The van der Waals surface area contributed by atoms with E-state index in [0.717, 1.165) is 10.0 Å². The third-order valence-electron chi connectivity index (χ3n) is 3.23. The lowest BCUT2D eigenvalue weighted by Gasteiger charge is -2.25. The lowest BCUT2D eigenvalue weighted by atomic mass is 10.0. The number of carbonyl (C=O) groups is 1. The highest BCUT2D eigenvalue weighted by Crippen LogP contribution is 2.21. The molecule has 1 aromatic rings. The van der Waals surface area contributed by atoms with Crippen molar-refractivity contribution in [1.29, 1.82) is 0 Å². The number of ether oxygens (including phenoxy) is 1. The van der Waals surface area contributed by atoms with E-state index in [9.17, 15) is 4.79 Å². The fourth-order valence-electron chi connectivity index (χ4n) is 1.97. The van der Waals surface area contributed by atoms with Crippen molar-refractivity contribution in [3.63, 3.8) is 0 Å². The molecule has 0 saturated heterocycles. The van der Waals surface area contributed by atoms with Gasteiger partial charge in [-0.25, -0.2) is 4.79 Å². The number of amides is 1. The van der Waals surface area contributed by atoms with E-state index in [1.54, 1.807) is 0 Å². The first-order valence-electron chi connectivity index (χ1n) is 7.72. The fraction of sp³-hybridized carbons (Fsp3) is 0.588. The first-order chi connectivity index (χ1) is 10.6. The SMILES string of the molecule is CC(C)C(CNC(=O)OC(C)(C)C)NCc1cc(Cl)ccc1Br. The van der Waals surface area contributed by atoms with Gasteiger partial charge in [0.1, 0.15) is 5.60 Å². The van der Waals surface area contributed by atoms with Gasteiger partial charge in [0.05, 0.1) is 0 Å². The summed E-state index contributed by atoms with van der Waals surface area (Å²) < 4.78 is 6.27. The van der Waals surface area contributed by atoms with Crippen molar-refractivity contribution in [3.8, 4) is 0 Å². The van der Waals surface area contributed by atoms with Gasteiger partial charge in [0.2, 0.25) is 0 Å². The molecule has 0 heterocycles. The summed E-state index contributed by atoms with van der Waals surface area (Å²) in [4.78, 5) is 11.8. The molecule has 1 atom stereocenters. The van der Waals surface area contributed by atoms with Crippen LogP contribution in [-0.4, -0.2) is 24.3 Å². The van der Waals surface area contributed by atoms with E-state index in [-0.39, 0.29) is 6.04 Å². The summed E-state index contributed by atoms with van der Waals surface area (Å²) in [5.41, 5.74) is 0.594. The predicted molar refractivity (Wildman–Crippen MR) is 98.9 cm³/mol. The Balaban J connectivity index is 2.56. The molecule has 0 aromatic heterocycles. The molecule has 1 unspecified atom stereocenters. The second kappa shape index (κ2) is 8.90. The molecule has 2 N–H and O–H groups in total. The van der Waals surface area contributed by atoms with Crippen LogP contribution in [0.4, 0.5) is 4.79 Å². The van der Waals surface area contributed by atoms with Crippen LogP contribution in [0.2, 0.25) is 5.02 Å². The molecular weight excluding hydrogens is 380 g/mol. The van der Waals surface area contributed by atoms with Crippen molar-refractivity contribution in [1.82, 2.24) is 10.6 Å². The molecule has 1 aromatic carbocycles. The molecule has 1 amide bonds. The minimum absolute atomic E-state index is 0.133. The number of halogens is 2. The topological polar surface area (TPSA) is 50.4 Å². The van der Waals surface area contributed by atoms with Gasteiger partial charge in [0, 0.05) is 28.6 Å². The molecule has 0 radical (unpaired) electrons.